The molecule has 2 atom stereocenters. The number of hydrogen-bond acceptors (Lipinski definition) is 5. The summed E-state index contributed by atoms with van der Waals surface area (Å²) in [5.74, 6) is 1.26. The number of amides is 1. The van der Waals surface area contributed by atoms with Crippen LogP contribution in [0.2, 0.25) is 0 Å². The third kappa shape index (κ3) is 3.56. The number of nitrogens with one attached hydrogen (secondary N) is 1. The Labute approximate surface area is 130 Å². The zero-order valence-corrected chi connectivity index (χ0v) is 12.7. The normalized spacial score (nSPS) is 26.5. The van der Waals surface area contributed by atoms with E-state index < -0.39 is 0 Å². The summed E-state index contributed by atoms with van der Waals surface area (Å²) in [7, 11) is 0. The van der Waals surface area contributed by atoms with Gasteiger partial charge < -0.3 is 20.5 Å². The fraction of sp³-hybridized carbons (Fsp3) is 0.625. The van der Waals surface area contributed by atoms with Crippen LogP contribution in [0.3, 0.4) is 0 Å². The quantitative estimate of drug-likeness (QED) is 0.877. The smallest absolute Gasteiger partial charge is 0.253 e. The van der Waals surface area contributed by atoms with Crippen molar-refractivity contribution in [2.75, 3.05) is 32.2 Å². The van der Waals surface area contributed by atoms with Gasteiger partial charge in [-0.25, -0.2) is 4.98 Å². The van der Waals surface area contributed by atoms with Crippen molar-refractivity contribution < 1.29 is 14.3 Å². The van der Waals surface area contributed by atoms with E-state index in [1.807, 2.05) is 0 Å². The van der Waals surface area contributed by atoms with Crippen molar-refractivity contribution in [3.8, 4) is 0 Å². The average Bonchev–Trinajstić information content (AvgIpc) is 2.57. The van der Waals surface area contributed by atoms with Crippen LogP contribution in [0.15, 0.2) is 18.3 Å². The molecule has 0 saturated carbocycles. The Balaban J connectivity index is 1.65. The summed E-state index contributed by atoms with van der Waals surface area (Å²) in [5.41, 5.74) is 6.11. The van der Waals surface area contributed by atoms with E-state index in [9.17, 15) is 4.79 Å². The van der Waals surface area contributed by atoms with Crippen LogP contribution in [0, 0.1) is 11.8 Å². The third-order valence-electron chi connectivity index (χ3n) is 4.64. The minimum atomic E-state index is -0.0866. The second-order valence-electron chi connectivity index (χ2n) is 6.03. The number of hydrogen-bond donors (Lipinski definition) is 2. The molecular formula is C16H23N3O3. The number of carbonyl (C=O) groups is 1. The molecule has 2 fully saturated rings. The molecule has 0 radical (unpaired) electrons. The number of rotatable bonds is 3. The molecule has 1 aromatic rings. The van der Waals surface area contributed by atoms with Gasteiger partial charge in [0.15, 0.2) is 0 Å². The van der Waals surface area contributed by atoms with E-state index in [0.717, 1.165) is 39.1 Å². The molecule has 3 rings (SSSR count). The Morgan fingerprint density at radius 1 is 1.18 bits per heavy atom. The van der Waals surface area contributed by atoms with Gasteiger partial charge in [0.25, 0.3) is 5.91 Å². The fourth-order valence-corrected chi connectivity index (χ4v) is 3.34. The van der Waals surface area contributed by atoms with E-state index in [-0.39, 0.29) is 11.9 Å². The lowest BCUT2D eigenvalue weighted by Gasteiger charge is -2.39. The van der Waals surface area contributed by atoms with E-state index >= 15 is 0 Å². The zero-order valence-electron chi connectivity index (χ0n) is 12.7. The molecule has 0 aromatic carbocycles. The Kier molecular flexibility index (Phi) is 4.90. The predicted octanol–water partition coefficient (Wildman–Crippen LogP) is 1.23. The summed E-state index contributed by atoms with van der Waals surface area (Å²) in [6, 6.07) is 3.51. The monoisotopic (exact) mass is 305 g/mol. The van der Waals surface area contributed by atoms with E-state index in [1.165, 1.54) is 6.20 Å². The molecule has 2 aliphatic rings. The molecular weight excluding hydrogens is 282 g/mol. The van der Waals surface area contributed by atoms with Crippen molar-refractivity contribution in [3.63, 3.8) is 0 Å². The van der Waals surface area contributed by atoms with Crippen LogP contribution in [0.1, 0.15) is 29.6 Å². The van der Waals surface area contributed by atoms with Crippen molar-refractivity contribution in [1.82, 2.24) is 10.3 Å². The topological polar surface area (TPSA) is 86.5 Å². The van der Waals surface area contributed by atoms with Gasteiger partial charge in [-0.05, 0) is 37.3 Å². The number of carbonyl (C=O) groups excluding carboxylic acids is 1. The highest BCUT2D eigenvalue weighted by Gasteiger charge is 2.34. The van der Waals surface area contributed by atoms with Crippen LogP contribution in [-0.2, 0) is 9.47 Å². The minimum absolute atomic E-state index is 0.0866. The lowest BCUT2D eigenvalue weighted by Crippen LogP contribution is -2.49. The zero-order chi connectivity index (χ0) is 15.4. The first-order valence-corrected chi connectivity index (χ1v) is 7.92. The highest BCUT2D eigenvalue weighted by molar-refractivity contribution is 5.94. The number of pyridine rings is 1. The highest BCUT2D eigenvalue weighted by Crippen LogP contribution is 2.30. The molecule has 0 spiro atoms. The van der Waals surface area contributed by atoms with Crippen LogP contribution in [0.4, 0.5) is 5.82 Å². The van der Waals surface area contributed by atoms with Gasteiger partial charge in [-0.1, -0.05) is 0 Å². The van der Waals surface area contributed by atoms with Crippen LogP contribution in [0.5, 0.6) is 0 Å². The van der Waals surface area contributed by atoms with Crippen molar-refractivity contribution in [2.45, 2.75) is 25.3 Å². The number of nitrogens with two attached hydrogens (primary N) is 1. The van der Waals surface area contributed by atoms with Gasteiger partial charge in [0.05, 0.1) is 12.2 Å². The van der Waals surface area contributed by atoms with Crippen molar-refractivity contribution in [1.29, 1.82) is 0 Å². The molecule has 120 valence electrons. The summed E-state index contributed by atoms with van der Waals surface area (Å²) < 4.78 is 11.1. The fourth-order valence-electron chi connectivity index (χ4n) is 3.34. The Bertz CT molecular complexity index is 500. The Morgan fingerprint density at radius 3 is 2.68 bits per heavy atom. The minimum Gasteiger partial charge on any atom is -0.384 e. The van der Waals surface area contributed by atoms with Crippen molar-refractivity contribution in [3.05, 3.63) is 23.9 Å². The molecule has 1 amide bonds. The molecule has 6 nitrogen and oxygen atoms in total. The first-order chi connectivity index (χ1) is 10.7. The maximum absolute atomic E-state index is 12.4. The molecule has 6 heteroatoms. The van der Waals surface area contributed by atoms with Crippen molar-refractivity contribution >= 4 is 11.7 Å². The second kappa shape index (κ2) is 7.07. The molecule has 0 aliphatic carbocycles. The molecule has 22 heavy (non-hydrogen) atoms. The summed E-state index contributed by atoms with van der Waals surface area (Å²) in [6.07, 6.45) is 4.47. The van der Waals surface area contributed by atoms with Gasteiger partial charge in [0, 0.05) is 38.0 Å². The van der Waals surface area contributed by atoms with Gasteiger partial charge in [0.2, 0.25) is 0 Å². The van der Waals surface area contributed by atoms with E-state index in [2.05, 4.69) is 10.3 Å². The number of nitrogens with zero attached hydrogens (tertiary/aromatic N) is 1. The molecule has 0 bridgehead atoms. The van der Waals surface area contributed by atoms with E-state index in [0.29, 0.717) is 29.8 Å². The summed E-state index contributed by atoms with van der Waals surface area (Å²) in [6.45, 7) is 3.04. The first-order valence-electron chi connectivity index (χ1n) is 7.92. The highest BCUT2D eigenvalue weighted by atomic mass is 16.5. The van der Waals surface area contributed by atoms with Crippen LogP contribution in [-0.4, -0.2) is 43.4 Å². The maximum atomic E-state index is 12.4. The molecule has 2 saturated heterocycles. The summed E-state index contributed by atoms with van der Waals surface area (Å²) in [4.78, 5) is 16.4. The van der Waals surface area contributed by atoms with E-state index in [1.54, 1.807) is 12.1 Å². The van der Waals surface area contributed by atoms with Crippen molar-refractivity contribution in [2.24, 2.45) is 11.8 Å². The van der Waals surface area contributed by atoms with Gasteiger partial charge in [-0.15, -0.1) is 0 Å². The van der Waals surface area contributed by atoms with Gasteiger partial charge in [-0.2, -0.15) is 0 Å². The van der Waals surface area contributed by atoms with Gasteiger partial charge in [0.1, 0.15) is 5.82 Å². The number of ether oxygens (including phenoxy) is 2. The van der Waals surface area contributed by atoms with Crippen LogP contribution in [0.25, 0.3) is 0 Å². The second-order valence-corrected chi connectivity index (χ2v) is 6.03. The predicted molar refractivity (Wildman–Crippen MR) is 82.4 cm³/mol. The standard InChI is InChI=1S/C16H23N3O3/c17-15-2-1-12(9-18-15)16(20)19-14-5-8-22-10-13(14)11-3-6-21-7-4-11/h1-2,9,11,13-14H,3-8,10H2,(H2,17,18)(H,19,20)/t13-,14-/m0/s1. The molecule has 0 unspecified atom stereocenters. The van der Waals surface area contributed by atoms with Crippen LogP contribution < -0.4 is 11.1 Å². The Morgan fingerprint density at radius 2 is 1.95 bits per heavy atom. The third-order valence-corrected chi connectivity index (χ3v) is 4.64. The lowest BCUT2D eigenvalue weighted by atomic mass is 9.79. The SMILES string of the molecule is Nc1ccc(C(=O)N[C@H]2CCOC[C@H]2C2CCOCC2)cn1. The number of anilines is 1. The largest absolute Gasteiger partial charge is 0.384 e. The number of nitrogen functional groups attached to an aromatic ring is 1. The molecule has 3 N–H and O–H groups in total. The molecule has 1 aromatic heterocycles. The molecule has 3 heterocycles. The first kappa shape index (κ1) is 15.2. The molecule has 2 aliphatic heterocycles. The lowest BCUT2D eigenvalue weighted by molar-refractivity contribution is -0.0259. The van der Waals surface area contributed by atoms with E-state index in [4.69, 9.17) is 15.2 Å². The maximum Gasteiger partial charge on any atom is 0.253 e. The summed E-state index contributed by atoms with van der Waals surface area (Å²) >= 11 is 0. The van der Waals surface area contributed by atoms with Gasteiger partial charge >= 0.3 is 0 Å². The Hall–Kier alpha value is -1.66. The summed E-state index contributed by atoms with van der Waals surface area (Å²) in [5, 5.41) is 3.16. The van der Waals surface area contributed by atoms with Gasteiger partial charge in [-0.3, -0.25) is 4.79 Å². The van der Waals surface area contributed by atoms with Crippen LogP contribution >= 0.6 is 0 Å². The number of aromatic nitrogens is 1. The average molecular weight is 305 g/mol.